The van der Waals surface area contributed by atoms with Crippen LogP contribution in [0.3, 0.4) is 0 Å². The van der Waals surface area contributed by atoms with Crippen LogP contribution >= 0.6 is 15.9 Å². The van der Waals surface area contributed by atoms with Crippen molar-refractivity contribution in [2.24, 2.45) is 0 Å². The molecule has 0 atom stereocenters. The Morgan fingerprint density at radius 2 is 2.23 bits per heavy atom. The van der Waals surface area contributed by atoms with Crippen LogP contribution in [0.15, 0.2) is 28.7 Å². The van der Waals surface area contributed by atoms with Crippen LogP contribution < -0.4 is 0 Å². The molecule has 1 aliphatic rings. The van der Waals surface area contributed by atoms with Crippen molar-refractivity contribution in [1.29, 1.82) is 0 Å². The van der Waals surface area contributed by atoms with E-state index in [2.05, 4.69) is 22.0 Å². The number of benzene rings is 1. The molecule has 0 bridgehead atoms. The molecule has 0 aliphatic heterocycles. The van der Waals surface area contributed by atoms with E-state index in [4.69, 9.17) is 0 Å². The minimum atomic E-state index is 0.822. The molecule has 0 saturated heterocycles. The van der Waals surface area contributed by atoms with Gasteiger partial charge in [-0.05, 0) is 36.1 Å². The number of carbonyl (C=O) groups is 1. The summed E-state index contributed by atoms with van der Waals surface area (Å²) < 4.78 is 1.03. The third kappa shape index (κ3) is 1.59. The molecule has 0 saturated carbocycles. The Morgan fingerprint density at radius 1 is 1.38 bits per heavy atom. The van der Waals surface area contributed by atoms with Crippen LogP contribution in [0.5, 0.6) is 0 Å². The van der Waals surface area contributed by atoms with Gasteiger partial charge in [0, 0.05) is 10.0 Å². The highest BCUT2D eigenvalue weighted by atomic mass is 79.9. The first-order valence-electron chi connectivity index (χ1n) is 4.25. The Balaban J connectivity index is 2.57. The molecule has 0 radical (unpaired) electrons. The van der Waals surface area contributed by atoms with Crippen LogP contribution in [0, 0.1) is 0 Å². The van der Waals surface area contributed by atoms with Gasteiger partial charge in [0.25, 0.3) is 0 Å². The molecule has 0 amide bonds. The molecule has 0 heterocycles. The zero-order chi connectivity index (χ0) is 9.26. The molecule has 0 spiro atoms. The van der Waals surface area contributed by atoms with Gasteiger partial charge in [-0.2, -0.15) is 0 Å². The predicted molar refractivity (Wildman–Crippen MR) is 56.5 cm³/mol. The van der Waals surface area contributed by atoms with Gasteiger partial charge in [0.15, 0.2) is 0 Å². The molecule has 1 aromatic rings. The number of aldehydes is 1. The van der Waals surface area contributed by atoms with Gasteiger partial charge < -0.3 is 0 Å². The van der Waals surface area contributed by atoms with E-state index in [1.54, 1.807) is 0 Å². The summed E-state index contributed by atoms with van der Waals surface area (Å²) in [7, 11) is 0. The summed E-state index contributed by atoms with van der Waals surface area (Å²) in [5, 5.41) is 0. The van der Waals surface area contributed by atoms with Crippen molar-refractivity contribution in [2.45, 2.75) is 12.8 Å². The van der Waals surface area contributed by atoms with E-state index >= 15 is 0 Å². The Bertz CT molecular complexity index is 380. The highest BCUT2D eigenvalue weighted by Gasteiger charge is 2.11. The van der Waals surface area contributed by atoms with Crippen molar-refractivity contribution in [3.05, 3.63) is 39.9 Å². The second-order valence-electron chi connectivity index (χ2n) is 3.12. The van der Waals surface area contributed by atoms with Gasteiger partial charge >= 0.3 is 0 Å². The van der Waals surface area contributed by atoms with Crippen LogP contribution in [0.2, 0.25) is 0 Å². The zero-order valence-corrected chi connectivity index (χ0v) is 8.67. The largest absolute Gasteiger partial charge is 0.298 e. The summed E-state index contributed by atoms with van der Waals surface area (Å²) in [5.74, 6) is 0. The van der Waals surface area contributed by atoms with Gasteiger partial charge in [-0.1, -0.05) is 28.1 Å². The molecule has 2 heteroatoms. The van der Waals surface area contributed by atoms with E-state index in [1.165, 1.54) is 5.56 Å². The second kappa shape index (κ2) is 3.46. The molecule has 2 rings (SSSR count). The van der Waals surface area contributed by atoms with E-state index in [0.29, 0.717) is 0 Å². The van der Waals surface area contributed by atoms with Gasteiger partial charge in [0.1, 0.15) is 6.29 Å². The number of rotatable bonds is 1. The van der Waals surface area contributed by atoms with Crippen molar-refractivity contribution in [2.75, 3.05) is 0 Å². The molecule has 13 heavy (non-hydrogen) atoms. The monoisotopic (exact) mass is 236 g/mol. The standard InChI is InChI=1S/C11H9BrO/c12-10-5-4-8-2-1-3-9(7-13)11(8)6-10/h3-7H,1-2H2. The number of fused-ring (bicyclic) bond motifs is 1. The first-order valence-corrected chi connectivity index (χ1v) is 5.04. The summed E-state index contributed by atoms with van der Waals surface area (Å²) in [6.07, 6.45) is 4.95. The van der Waals surface area contributed by atoms with Gasteiger partial charge in [-0.3, -0.25) is 4.79 Å². The fourth-order valence-corrected chi connectivity index (χ4v) is 2.00. The number of hydrogen-bond donors (Lipinski definition) is 0. The normalized spacial score (nSPS) is 14.7. The van der Waals surface area contributed by atoms with E-state index in [9.17, 15) is 4.79 Å². The van der Waals surface area contributed by atoms with Gasteiger partial charge in [-0.15, -0.1) is 0 Å². The van der Waals surface area contributed by atoms with Gasteiger partial charge in [0.05, 0.1) is 0 Å². The molecule has 0 fully saturated rings. The predicted octanol–water partition coefficient (Wildman–Crippen LogP) is 2.98. The van der Waals surface area contributed by atoms with E-state index < -0.39 is 0 Å². The fourth-order valence-electron chi connectivity index (χ4n) is 1.64. The molecule has 0 aromatic heterocycles. The number of carbonyl (C=O) groups excluding carboxylic acids is 1. The third-order valence-corrected chi connectivity index (χ3v) is 2.78. The lowest BCUT2D eigenvalue weighted by atomic mass is 9.92. The average molecular weight is 237 g/mol. The molecular weight excluding hydrogens is 228 g/mol. The Hall–Kier alpha value is -0.890. The Labute approximate surface area is 85.6 Å². The van der Waals surface area contributed by atoms with E-state index in [-0.39, 0.29) is 0 Å². The number of halogens is 1. The summed E-state index contributed by atoms with van der Waals surface area (Å²) >= 11 is 3.40. The lowest BCUT2D eigenvalue weighted by Gasteiger charge is -2.13. The molecule has 0 unspecified atom stereocenters. The lowest BCUT2D eigenvalue weighted by molar-refractivity contribution is -0.103. The maximum atomic E-state index is 10.8. The smallest absolute Gasteiger partial charge is 0.150 e. The van der Waals surface area contributed by atoms with Crippen molar-refractivity contribution >= 4 is 27.8 Å². The maximum Gasteiger partial charge on any atom is 0.150 e. The van der Waals surface area contributed by atoms with Crippen LogP contribution in [0.1, 0.15) is 17.5 Å². The zero-order valence-electron chi connectivity index (χ0n) is 7.09. The minimum Gasteiger partial charge on any atom is -0.298 e. The molecule has 1 aliphatic carbocycles. The highest BCUT2D eigenvalue weighted by Crippen LogP contribution is 2.27. The van der Waals surface area contributed by atoms with Gasteiger partial charge in [0.2, 0.25) is 0 Å². The molecule has 1 nitrogen and oxygen atoms in total. The number of hydrogen-bond acceptors (Lipinski definition) is 1. The van der Waals surface area contributed by atoms with E-state index in [0.717, 1.165) is 34.7 Å². The van der Waals surface area contributed by atoms with Gasteiger partial charge in [-0.25, -0.2) is 0 Å². The first kappa shape index (κ1) is 8.70. The van der Waals surface area contributed by atoms with Crippen LogP contribution in [-0.4, -0.2) is 6.29 Å². The van der Waals surface area contributed by atoms with Crippen LogP contribution in [0.4, 0.5) is 0 Å². The summed E-state index contributed by atoms with van der Waals surface area (Å²) in [6.45, 7) is 0. The third-order valence-electron chi connectivity index (χ3n) is 2.29. The Morgan fingerprint density at radius 3 is 3.00 bits per heavy atom. The topological polar surface area (TPSA) is 17.1 Å². The molecule has 1 aromatic carbocycles. The molecule has 0 N–H and O–H groups in total. The maximum absolute atomic E-state index is 10.8. The molecular formula is C11H9BrO. The average Bonchev–Trinajstić information content (AvgIpc) is 2.17. The van der Waals surface area contributed by atoms with Crippen LogP contribution in [0.25, 0.3) is 5.57 Å². The lowest BCUT2D eigenvalue weighted by Crippen LogP contribution is -2.00. The first-order chi connectivity index (χ1) is 6.31. The fraction of sp³-hybridized carbons (Fsp3) is 0.182. The summed E-state index contributed by atoms with van der Waals surface area (Å²) in [5.41, 5.74) is 3.17. The SMILES string of the molecule is O=CC1=CCCc2ccc(Br)cc21. The highest BCUT2D eigenvalue weighted by molar-refractivity contribution is 9.10. The van der Waals surface area contributed by atoms with Crippen LogP contribution in [-0.2, 0) is 11.2 Å². The summed E-state index contributed by atoms with van der Waals surface area (Å²) in [4.78, 5) is 10.8. The van der Waals surface area contributed by atoms with E-state index in [1.807, 2.05) is 18.2 Å². The van der Waals surface area contributed by atoms with Crippen molar-refractivity contribution < 1.29 is 4.79 Å². The second-order valence-corrected chi connectivity index (χ2v) is 4.03. The van der Waals surface area contributed by atoms with Crippen molar-refractivity contribution in [3.8, 4) is 0 Å². The molecule has 66 valence electrons. The van der Waals surface area contributed by atoms with Crippen molar-refractivity contribution in [1.82, 2.24) is 0 Å². The Kier molecular flexibility index (Phi) is 2.32. The minimum absolute atomic E-state index is 0.822. The van der Waals surface area contributed by atoms with Crippen molar-refractivity contribution in [3.63, 3.8) is 0 Å². The number of allylic oxidation sites excluding steroid dienone is 2. The number of aryl methyl sites for hydroxylation is 1. The quantitative estimate of drug-likeness (QED) is 0.686. The summed E-state index contributed by atoms with van der Waals surface area (Å²) in [6, 6.07) is 6.11.